The Morgan fingerprint density at radius 1 is 1.00 bits per heavy atom. The summed E-state index contributed by atoms with van der Waals surface area (Å²) < 4.78 is 0. The number of oxime groups is 1. The van der Waals surface area contributed by atoms with Gasteiger partial charge in [0.05, 0.1) is 12.3 Å². The van der Waals surface area contributed by atoms with Crippen molar-refractivity contribution >= 4 is 5.71 Å². The molecule has 3 N–H and O–H groups in total. The maximum atomic E-state index is 10.2. The average Bonchev–Trinajstić information content (AvgIpc) is 2.74. The fraction of sp³-hybridized carbons (Fsp3) is 0.708. The van der Waals surface area contributed by atoms with Crippen molar-refractivity contribution in [3.63, 3.8) is 0 Å². The molecule has 0 aliphatic rings. The van der Waals surface area contributed by atoms with E-state index >= 15 is 0 Å². The zero-order valence-electron chi connectivity index (χ0n) is 19.0. The summed E-state index contributed by atoms with van der Waals surface area (Å²) in [6.45, 7) is 7.78. The molecule has 1 unspecified atom stereocenters. The lowest BCUT2D eigenvalue weighted by molar-refractivity contribution is 0.00818. The van der Waals surface area contributed by atoms with Gasteiger partial charge in [0.2, 0.25) is 0 Å². The molecule has 1 aromatic rings. The van der Waals surface area contributed by atoms with Gasteiger partial charge in [0.15, 0.2) is 0 Å². The van der Waals surface area contributed by atoms with Crippen molar-refractivity contribution in [1.29, 1.82) is 0 Å². The summed E-state index contributed by atoms with van der Waals surface area (Å²) in [5.74, 6) is 0.182. The van der Waals surface area contributed by atoms with Crippen LogP contribution < -0.4 is 0 Å². The molecular weight excluding hydrogens is 366 g/mol. The molecule has 0 amide bonds. The lowest BCUT2D eigenvalue weighted by Gasteiger charge is -2.11. The van der Waals surface area contributed by atoms with Gasteiger partial charge < -0.3 is 20.2 Å². The third kappa shape index (κ3) is 13.3. The number of aliphatic hydroxyl groups is 2. The Hall–Kier alpha value is -1.59. The molecule has 1 rings (SSSR count). The second-order valence-electron chi connectivity index (χ2n) is 7.27. The van der Waals surface area contributed by atoms with E-state index in [0.717, 1.165) is 18.4 Å². The number of hydrogen-bond acceptors (Lipinski definition) is 5. The molecule has 0 aromatic heterocycles. The summed E-state index contributed by atoms with van der Waals surface area (Å²) in [7, 11) is 0. The highest BCUT2D eigenvalue weighted by Crippen LogP contribution is 2.22. The van der Waals surface area contributed by atoms with Gasteiger partial charge in [-0.2, -0.15) is 0 Å². The molecule has 29 heavy (non-hydrogen) atoms. The molecular formula is C24H43NO4. The van der Waals surface area contributed by atoms with Crippen molar-refractivity contribution in [2.45, 2.75) is 98.0 Å². The van der Waals surface area contributed by atoms with Gasteiger partial charge in [0.25, 0.3) is 0 Å². The Bertz CT molecular complexity index is 546. The third-order valence-electron chi connectivity index (χ3n) is 4.63. The fourth-order valence-corrected chi connectivity index (χ4v) is 2.97. The maximum Gasteiger partial charge on any atom is 0.145 e. The minimum absolute atomic E-state index is 0.0651. The Morgan fingerprint density at radius 3 is 2.17 bits per heavy atom. The molecule has 1 aromatic carbocycles. The van der Waals surface area contributed by atoms with E-state index < -0.39 is 6.10 Å². The lowest BCUT2D eigenvalue weighted by atomic mass is 10.00. The van der Waals surface area contributed by atoms with E-state index in [2.05, 4.69) is 12.1 Å². The monoisotopic (exact) mass is 409 g/mol. The predicted molar refractivity (Wildman–Crippen MR) is 122 cm³/mol. The minimum atomic E-state index is -0.950. The zero-order chi connectivity index (χ0) is 21.9. The van der Waals surface area contributed by atoms with Crippen LogP contribution >= 0.6 is 0 Å². The SMILES string of the molecule is CC.CCCCCCCCCCC/C(=N\OCC(O)CO)c1cc(C)ccc1O. The number of aryl methyl sites for hydroxylation is 1. The van der Waals surface area contributed by atoms with Gasteiger partial charge >= 0.3 is 0 Å². The molecule has 0 saturated carbocycles. The van der Waals surface area contributed by atoms with Crippen LogP contribution in [0.4, 0.5) is 0 Å². The van der Waals surface area contributed by atoms with Crippen molar-refractivity contribution in [2.75, 3.05) is 13.2 Å². The normalized spacial score (nSPS) is 12.3. The van der Waals surface area contributed by atoms with Crippen molar-refractivity contribution in [2.24, 2.45) is 5.16 Å². The topological polar surface area (TPSA) is 82.3 Å². The first-order valence-electron chi connectivity index (χ1n) is 11.4. The predicted octanol–water partition coefficient (Wildman–Crippen LogP) is 5.72. The Morgan fingerprint density at radius 2 is 1.59 bits per heavy atom. The Balaban J connectivity index is 0.00000379. The van der Waals surface area contributed by atoms with Gasteiger partial charge in [-0.05, 0) is 31.9 Å². The second-order valence-corrected chi connectivity index (χ2v) is 7.27. The molecule has 0 fully saturated rings. The van der Waals surface area contributed by atoms with E-state index in [1.807, 2.05) is 32.9 Å². The van der Waals surface area contributed by atoms with E-state index in [1.165, 1.54) is 44.9 Å². The van der Waals surface area contributed by atoms with Gasteiger partial charge in [0, 0.05) is 5.56 Å². The van der Waals surface area contributed by atoms with Crippen molar-refractivity contribution < 1.29 is 20.2 Å². The summed E-state index contributed by atoms with van der Waals surface area (Å²) in [4.78, 5) is 5.20. The number of aromatic hydroxyl groups is 1. The summed E-state index contributed by atoms with van der Waals surface area (Å²) >= 11 is 0. The highest BCUT2D eigenvalue weighted by atomic mass is 16.6. The van der Waals surface area contributed by atoms with Crippen LogP contribution in [0.3, 0.4) is 0 Å². The first-order chi connectivity index (χ1) is 14.1. The first kappa shape index (κ1) is 27.4. The van der Waals surface area contributed by atoms with Crippen LogP contribution in [0.25, 0.3) is 0 Å². The molecule has 0 bridgehead atoms. The highest BCUT2D eigenvalue weighted by molar-refractivity contribution is 6.02. The summed E-state index contributed by atoms with van der Waals surface area (Å²) in [6.07, 6.45) is 10.9. The van der Waals surface area contributed by atoms with Gasteiger partial charge in [-0.15, -0.1) is 0 Å². The number of aliphatic hydroxyl groups excluding tert-OH is 2. The molecule has 0 aliphatic carbocycles. The number of unbranched alkanes of at least 4 members (excludes halogenated alkanes) is 8. The largest absolute Gasteiger partial charge is 0.507 e. The second kappa shape index (κ2) is 18.4. The number of rotatable bonds is 15. The van der Waals surface area contributed by atoms with Crippen molar-refractivity contribution in [3.05, 3.63) is 29.3 Å². The van der Waals surface area contributed by atoms with Crippen LogP contribution in [0.1, 0.15) is 96.1 Å². The van der Waals surface area contributed by atoms with E-state index in [9.17, 15) is 10.2 Å². The van der Waals surface area contributed by atoms with Crippen LogP contribution in [-0.4, -0.2) is 40.3 Å². The fourth-order valence-electron chi connectivity index (χ4n) is 2.97. The Kier molecular flexibility index (Phi) is 17.4. The quantitative estimate of drug-likeness (QED) is 0.196. The van der Waals surface area contributed by atoms with E-state index in [-0.39, 0.29) is 19.0 Å². The summed E-state index contributed by atoms with van der Waals surface area (Å²) in [5, 5.41) is 32.6. The molecule has 0 aliphatic heterocycles. The standard InChI is InChI=1S/C22H37NO4.C2H6/c1-3-4-5-6-7-8-9-10-11-12-21(23-27-17-19(25)16-24)20-15-18(2)13-14-22(20)26;1-2/h13-15,19,24-26H,3-12,16-17H2,1-2H3;1-2H3/b23-21+;. The molecule has 1 atom stereocenters. The molecule has 5 nitrogen and oxygen atoms in total. The molecule has 0 spiro atoms. The zero-order valence-corrected chi connectivity index (χ0v) is 19.0. The van der Waals surface area contributed by atoms with Gasteiger partial charge in [0.1, 0.15) is 18.5 Å². The summed E-state index contributed by atoms with van der Waals surface area (Å²) in [6, 6.07) is 5.41. The van der Waals surface area contributed by atoms with Crippen molar-refractivity contribution in [3.8, 4) is 5.75 Å². The van der Waals surface area contributed by atoms with Crippen LogP contribution in [0.15, 0.2) is 23.4 Å². The molecule has 0 radical (unpaired) electrons. The number of phenols is 1. The van der Waals surface area contributed by atoms with E-state index in [0.29, 0.717) is 17.7 Å². The maximum absolute atomic E-state index is 10.2. The molecule has 168 valence electrons. The highest BCUT2D eigenvalue weighted by Gasteiger charge is 2.11. The van der Waals surface area contributed by atoms with Gasteiger partial charge in [-0.1, -0.05) is 88.9 Å². The Labute approximate surface area is 177 Å². The number of phenolic OH excluding ortho intramolecular Hbond substituents is 1. The average molecular weight is 410 g/mol. The van der Waals surface area contributed by atoms with Crippen LogP contribution in [0.5, 0.6) is 5.75 Å². The van der Waals surface area contributed by atoms with Gasteiger partial charge in [-0.3, -0.25) is 0 Å². The molecule has 5 heteroatoms. The van der Waals surface area contributed by atoms with Crippen LogP contribution in [0.2, 0.25) is 0 Å². The molecule has 0 saturated heterocycles. The minimum Gasteiger partial charge on any atom is -0.507 e. The van der Waals surface area contributed by atoms with E-state index in [1.54, 1.807) is 6.07 Å². The summed E-state index contributed by atoms with van der Waals surface area (Å²) in [5.41, 5.74) is 2.40. The van der Waals surface area contributed by atoms with Crippen LogP contribution in [-0.2, 0) is 4.84 Å². The molecule has 0 heterocycles. The lowest BCUT2D eigenvalue weighted by Crippen LogP contribution is -2.18. The number of nitrogens with zero attached hydrogens (tertiary/aromatic N) is 1. The smallest absolute Gasteiger partial charge is 0.145 e. The third-order valence-corrected chi connectivity index (χ3v) is 4.63. The van der Waals surface area contributed by atoms with Gasteiger partial charge in [-0.25, -0.2) is 0 Å². The van der Waals surface area contributed by atoms with Crippen LogP contribution in [0, 0.1) is 6.92 Å². The van der Waals surface area contributed by atoms with E-state index in [4.69, 9.17) is 9.94 Å². The number of benzene rings is 1. The van der Waals surface area contributed by atoms with Crippen molar-refractivity contribution in [1.82, 2.24) is 0 Å². The first-order valence-corrected chi connectivity index (χ1v) is 11.4. The number of hydrogen-bond donors (Lipinski definition) is 3.